The Bertz CT molecular complexity index is 1520. The van der Waals surface area contributed by atoms with Crippen molar-refractivity contribution in [1.29, 1.82) is 0 Å². The lowest BCUT2D eigenvalue weighted by atomic mass is 10.1. The van der Waals surface area contributed by atoms with Crippen LogP contribution in [-0.2, 0) is 4.79 Å². The van der Waals surface area contributed by atoms with E-state index in [1.807, 2.05) is 24.3 Å². The van der Waals surface area contributed by atoms with E-state index in [-0.39, 0.29) is 22.1 Å². The number of carbonyl (C=O) groups is 1. The zero-order chi connectivity index (χ0) is 23.7. The summed E-state index contributed by atoms with van der Waals surface area (Å²) >= 11 is 11.3. The highest BCUT2D eigenvalue weighted by atomic mass is 35.5. The van der Waals surface area contributed by atoms with E-state index in [9.17, 15) is 14.7 Å². The Balaban J connectivity index is 1.86. The second-order valence-electron chi connectivity index (χ2n) is 7.64. The third kappa shape index (κ3) is 4.53. The van der Waals surface area contributed by atoms with Crippen molar-refractivity contribution in [3.8, 4) is 11.6 Å². The highest BCUT2D eigenvalue weighted by Crippen LogP contribution is 2.26. The zero-order valence-corrected chi connectivity index (χ0v) is 19.6. The summed E-state index contributed by atoms with van der Waals surface area (Å²) < 4.78 is 1.42. The van der Waals surface area contributed by atoms with Crippen molar-refractivity contribution < 1.29 is 9.90 Å². The van der Waals surface area contributed by atoms with Crippen LogP contribution < -0.4 is 16.1 Å². The van der Waals surface area contributed by atoms with Gasteiger partial charge in [-0.3, -0.25) is 19.1 Å². The molecule has 2 aromatic carbocycles. The van der Waals surface area contributed by atoms with E-state index in [4.69, 9.17) is 23.8 Å². The zero-order valence-electron chi connectivity index (χ0n) is 18.0. The molecule has 0 saturated carbocycles. The summed E-state index contributed by atoms with van der Waals surface area (Å²) in [5, 5.41) is 13.3. The van der Waals surface area contributed by atoms with Gasteiger partial charge in [-0.15, -0.1) is 0 Å². The number of allylic oxidation sites excluding steroid dienone is 1. The van der Waals surface area contributed by atoms with Crippen LogP contribution in [0.2, 0.25) is 5.02 Å². The summed E-state index contributed by atoms with van der Waals surface area (Å²) in [6.45, 7) is 2.00. The summed E-state index contributed by atoms with van der Waals surface area (Å²) in [6.07, 6.45) is 2.09. The van der Waals surface area contributed by atoms with Crippen molar-refractivity contribution in [2.24, 2.45) is 4.99 Å². The van der Waals surface area contributed by atoms with Crippen LogP contribution in [0.3, 0.4) is 0 Å². The Labute approximate surface area is 199 Å². The number of halogens is 1. The Kier molecular flexibility index (Phi) is 6.31. The van der Waals surface area contributed by atoms with Crippen molar-refractivity contribution in [2.45, 2.75) is 13.3 Å². The van der Waals surface area contributed by atoms with Gasteiger partial charge in [0.1, 0.15) is 5.56 Å². The number of nitrogens with one attached hydrogen (secondary N) is 1. The number of hydrogen-bond acceptors (Lipinski definition) is 5. The average Bonchev–Trinajstić information content (AvgIpc) is 3.13. The first-order valence-electron chi connectivity index (χ1n) is 10.2. The molecule has 9 heteroatoms. The van der Waals surface area contributed by atoms with E-state index in [0.29, 0.717) is 29.4 Å². The molecule has 33 heavy (non-hydrogen) atoms. The molecule has 1 aromatic heterocycles. The monoisotopic (exact) mass is 480 g/mol. The third-order valence-electron chi connectivity index (χ3n) is 5.50. The number of benzene rings is 2. The molecular weight excluding hydrogens is 460 g/mol. The van der Waals surface area contributed by atoms with E-state index in [1.165, 1.54) is 11.5 Å². The van der Waals surface area contributed by atoms with Crippen LogP contribution in [-0.4, -0.2) is 39.1 Å². The molecule has 4 rings (SSSR count). The first-order valence-corrected chi connectivity index (χ1v) is 11.0. The molecule has 1 amide bonds. The van der Waals surface area contributed by atoms with Crippen LogP contribution in [0.1, 0.15) is 18.9 Å². The molecule has 1 aliphatic heterocycles. The maximum absolute atomic E-state index is 12.8. The van der Waals surface area contributed by atoms with Gasteiger partial charge in [0.05, 0.1) is 16.7 Å². The minimum atomic E-state index is -0.526. The van der Waals surface area contributed by atoms with Gasteiger partial charge in [0.25, 0.3) is 5.56 Å². The number of carbonyl (C=O) groups excluding carboxylic acids is 1. The van der Waals surface area contributed by atoms with Gasteiger partial charge in [0, 0.05) is 30.8 Å². The van der Waals surface area contributed by atoms with Crippen LogP contribution >= 0.6 is 23.8 Å². The Hall–Kier alpha value is -3.49. The molecule has 0 atom stereocenters. The molecule has 0 saturated heterocycles. The summed E-state index contributed by atoms with van der Waals surface area (Å²) in [4.78, 5) is 33.3. The van der Waals surface area contributed by atoms with Crippen molar-refractivity contribution >= 4 is 41.4 Å². The molecule has 168 valence electrons. The van der Waals surface area contributed by atoms with Crippen LogP contribution in [0.15, 0.2) is 64.0 Å². The van der Waals surface area contributed by atoms with Crippen LogP contribution in [0.25, 0.3) is 17.3 Å². The number of rotatable bonds is 5. The number of amides is 1. The van der Waals surface area contributed by atoms with Crippen molar-refractivity contribution in [3.63, 3.8) is 0 Å². The lowest BCUT2D eigenvalue weighted by Crippen LogP contribution is -2.27. The van der Waals surface area contributed by atoms with Crippen LogP contribution in [0.5, 0.6) is 5.88 Å². The van der Waals surface area contributed by atoms with Gasteiger partial charge in [-0.25, -0.2) is 4.99 Å². The molecule has 2 N–H and O–H groups in total. The lowest BCUT2D eigenvalue weighted by molar-refractivity contribution is -0.127. The topological polar surface area (TPSA) is 90.7 Å². The highest BCUT2D eigenvalue weighted by Gasteiger charge is 2.18. The lowest BCUT2D eigenvalue weighted by Gasteiger charge is -2.15. The molecule has 0 aliphatic carbocycles. The highest BCUT2D eigenvalue weighted by molar-refractivity contribution is 7.71. The van der Waals surface area contributed by atoms with Gasteiger partial charge in [0.2, 0.25) is 11.8 Å². The molecule has 0 radical (unpaired) electrons. The molecule has 7 nitrogen and oxygen atoms in total. The minimum absolute atomic E-state index is 0.0301. The van der Waals surface area contributed by atoms with E-state index >= 15 is 0 Å². The Morgan fingerprint density at radius 2 is 1.94 bits per heavy atom. The summed E-state index contributed by atoms with van der Waals surface area (Å²) in [6, 6.07) is 14.4. The molecule has 0 bridgehead atoms. The van der Waals surface area contributed by atoms with Crippen LogP contribution in [0.4, 0.5) is 0 Å². The first-order chi connectivity index (χ1) is 15.8. The number of nitrogens with zero attached hydrogens (tertiary/aromatic N) is 3. The largest absolute Gasteiger partial charge is 0.494 e. The smallest absolute Gasteiger partial charge is 0.262 e. The molecule has 0 unspecified atom stereocenters. The first kappa shape index (κ1) is 22.7. The molecule has 2 heterocycles. The van der Waals surface area contributed by atoms with Gasteiger partial charge >= 0.3 is 0 Å². The van der Waals surface area contributed by atoms with E-state index < -0.39 is 5.56 Å². The second-order valence-corrected chi connectivity index (χ2v) is 8.46. The number of H-pyrrole nitrogens is 1. The molecule has 3 aromatic rings. The maximum Gasteiger partial charge on any atom is 0.262 e. The standard InChI is InChI=1S/C24H21ClN4O3S/c1-14(30)28(2)12-11-18-17-5-3-4-6-20(17)26-21(18)13-19-22(31)27-24(33)29(23(19)32)16-9-7-15(25)8-10-16/h3-10,13,32H,11-12H2,1-2H3,(H,27,31,33)/b21-13-. The molecule has 1 aliphatic rings. The Morgan fingerprint density at radius 1 is 1.24 bits per heavy atom. The van der Waals surface area contributed by atoms with E-state index in [0.717, 1.165) is 16.1 Å². The van der Waals surface area contributed by atoms with E-state index in [1.54, 1.807) is 42.3 Å². The average molecular weight is 481 g/mol. The van der Waals surface area contributed by atoms with Gasteiger partial charge in [-0.1, -0.05) is 29.8 Å². The third-order valence-corrected chi connectivity index (χ3v) is 6.04. The minimum Gasteiger partial charge on any atom is -0.494 e. The predicted octanol–water partition coefficient (Wildman–Crippen LogP) is 2.95. The number of aromatic amines is 1. The van der Waals surface area contributed by atoms with Gasteiger partial charge in [0.15, 0.2) is 4.77 Å². The van der Waals surface area contributed by atoms with Crippen molar-refractivity contribution in [1.82, 2.24) is 14.5 Å². The maximum atomic E-state index is 12.8. The predicted molar refractivity (Wildman–Crippen MR) is 130 cm³/mol. The summed E-state index contributed by atoms with van der Waals surface area (Å²) in [5.74, 6) is -0.339. The summed E-state index contributed by atoms with van der Waals surface area (Å²) in [7, 11) is 1.73. The fourth-order valence-electron chi connectivity index (χ4n) is 3.62. The Morgan fingerprint density at radius 3 is 2.64 bits per heavy atom. The van der Waals surface area contributed by atoms with Crippen molar-refractivity contribution in [2.75, 3.05) is 13.6 Å². The van der Waals surface area contributed by atoms with Gasteiger partial charge in [-0.2, -0.15) is 0 Å². The fourth-order valence-corrected chi connectivity index (χ4v) is 4.03. The van der Waals surface area contributed by atoms with Crippen LogP contribution in [0, 0.1) is 4.77 Å². The second kappa shape index (κ2) is 9.17. The SMILES string of the molecule is CC(=O)N(C)CCC1=c2ccccc2=N/C1=C\c1c(O)n(-c2ccc(Cl)cc2)c(=S)[nH]c1=O. The molecule has 0 spiro atoms. The number of aromatic nitrogens is 2. The van der Waals surface area contributed by atoms with Crippen molar-refractivity contribution in [3.05, 3.63) is 90.5 Å². The number of para-hydroxylation sites is 1. The number of aromatic hydroxyl groups is 1. The normalized spacial score (nSPS) is 13.7. The quantitative estimate of drug-likeness (QED) is 0.549. The van der Waals surface area contributed by atoms with Gasteiger partial charge in [-0.05, 0) is 60.6 Å². The number of fused-ring (bicyclic) bond motifs is 1. The summed E-state index contributed by atoms with van der Waals surface area (Å²) in [5.41, 5.74) is 1.49. The van der Waals surface area contributed by atoms with E-state index in [2.05, 4.69) is 9.98 Å². The fraction of sp³-hybridized carbons (Fsp3) is 0.167. The van der Waals surface area contributed by atoms with Gasteiger partial charge < -0.3 is 10.0 Å². The molecule has 0 fully saturated rings. The molecular formula is C24H21ClN4O3S. The number of hydrogen-bond donors (Lipinski definition) is 2.